The summed E-state index contributed by atoms with van der Waals surface area (Å²) in [4.78, 5) is 13.3. The summed E-state index contributed by atoms with van der Waals surface area (Å²) in [6.07, 6.45) is 0.392. The molecule has 0 spiro atoms. The van der Waals surface area contributed by atoms with E-state index in [2.05, 4.69) is 21.0 Å². The molecule has 0 N–H and O–H groups in total. The van der Waals surface area contributed by atoms with Gasteiger partial charge in [-0.05, 0) is 50.0 Å². The Hall–Kier alpha value is -1.24. The van der Waals surface area contributed by atoms with Crippen molar-refractivity contribution in [2.75, 3.05) is 20.2 Å². The Morgan fingerprint density at radius 2 is 2.05 bits per heavy atom. The summed E-state index contributed by atoms with van der Waals surface area (Å²) in [5.41, 5.74) is 0.497. The van der Waals surface area contributed by atoms with E-state index in [1.807, 2.05) is 34.7 Å². The number of rotatable bonds is 5. The van der Waals surface area contributed by atoms with Gasteiger partial charge >= 0.3 is 6.09 Å². The molecule has 0 saturated heterocycles. The van der Waals surface area contributed by atoms with Crippen molar-refractivity contribution < 1.29 is 14.3 Å². The van der Waals surface area contributed by atoms with Gasteiger partial charge in [0.15, 0.2) is 0 Å². The molecule has 0 unspecified atom stereocenters. The summed E-state index contributed by atoms with van der Waals surface area (Å²) in [6.45, 7) is 8.56. The largest absolute Gasteiger partial charge is 0.476 e. The monoisotopic (exact) mass is 361 g/mol. The van der Waals surface area contributed by atoms with Crippen molar-refractivity contribution in [2.45, 2.75) is 39.7 Å². The van der Waals surface area contributed by atoms with Crippen LogP contribution in [-0.4, -0.2) is 46.6 Å². The molecule has 1 amide bonds. The lowest BCUT2D eigenvalue weighted by molar-refractivity contribution is 0.0292. The van der Waals surface area contributed by atoms with E-state index < -0.39 is 5.60 Å². The first-order valence-electron chi connectivity index (χ1n) is 6.88. The molecule has 0 bridgehead atoms. The molecule has 0 fully saturated rings. The molecule has 0 atom stereocenters. The van der Waals surface area contributed by atoms with Crippen LogP contribution in [0.1, 0.15) is 32.8 Å². The van der Waals surface area contributed by atoms with Crippen LogP contribution < -0.4 is 4.74 Å². The molecule has 1 aromatic rings. The highest BCUT2D eigenvalue weighted by atomic mass is 79.9. The van der Waals surface area contributed by atoms with Gasteiger partial charge in [0.05, 0.1) is 6.61 Å². The first-order chi connectivity index (χ1) is 9.61. The van der Waals surface area contributed by atoms with Crippen LogP contribution in [0, 0.1) is 6.92 Å². The number of nitrogens with zero attached hydrogens (tertiary/aromatic N) is 3. The van der Waals surface area contributed by atoms with Crippen molar-refractivity contribution >= 4 is 22.0 Å². The Labute approximate surface area is 134 Å². The summed E-state index contributed by atoms with van der Waals surface area (Å²) < 4.78 is 13.5. The van der Waals surface area contributed by atoms with Crippen molar-refractivity contribution in [1.29, 1.82) is 0 Å². The molecule has 0 aliphatic heterocycles. The Balaban J connectivity index is 2.34. The minimum absolute atomic E-state index is 0.320. The van der Waals surface area contributed by atoms with Crippen LogP contribution in [0.25, 0.3) is 0 Å². The minimum atomic E-state index is -0.473. The normalized spacial score (nSPS) is 11.4. The topological polar surface area (TPSA) is 56.6 Å². The summed E-state index contributed by atoms with van der Waals surface area (Å²) in [5.74, 6) is 0.615. The standard InChI is InChI=1S/C14H24BrN3O3/c1-10-11(15)18(6)16-12(10)20-9-7-8-17(5)13(19)21-14(2,3)4/h7-9H2,1-6H3. The second kappa shape index (κ2) is 7.15. The number of ether oxygens (including phenoxy) is 2. The number of aromatic nitrogens is 2. The van der Waals surface area contributed by atoms with Gasteiger partial charge in [-0.1, -0.05) is 0 Å². The Morgan fingerprint density at radius 1 is 1.43 bits per heavy atom. The van der Waals surface area contributed by atoms with Gasteiger partial charge in [-0.15, -0.1) is 5.10 Å². The molecule has 1 aromatic heterocycles. The molecule has 0 aliphatic rings. The molecular weight excluding hydrogens is 338 g/mol. The molecule has 1 rings (SSSR count). The first-order valence-corrected chi connectivity index (χ1v) is 7.67. The Bertz CT molecular complexity index is 494. The maximum Gasteiger partial charge on any atom is 0.410 e. The molecule has 1 heterocycles. The minimum Gasteiger partial charge on any atom is -0.476 e. The van der Waals surface area contributed by atoms with Crippen LogP contribution in [0.2, 0.25) is 0 Å². The lowest BCUT2D eigenvalue weighted by Gasteiger charge is -2.24. The molecule has 120 valence electrons. The number of amides is 1. The highest BCUT2D eigenvalue weighted by molar-refractivity contribution is 9.10. The third-order valence-corrected chi connectivity index (χ3v) is 3.84. The van der Waals surface area contributed by atoms with Crippen molar-refractivity contribution in [3.63, 3.8) is 0 Å². The molecular formula is C14H24BrN3O3. The molecule has 0 aliphatic carbocycles. The number of halogens is 1. The van der Waals surface area contributed by atoms with Crippen molar-refractivity contribution in [3.8, 4) is 5.88 Å². The molecule has 0 aromatic carbocycles. The first kappa shape index (κ1) is 17.8. The van der Waals surface area contributed by atoms with E-state index in [0.29, 0.717) is 25.5 Å². The fourth-order valence-electron chi connectivity index (χ4n) is 1.62. The quantitative estimate of drug-likeness (QED) is 0.756. The average molecular weight is 362 g/mol. The predicted molar refractivity (Wildman–Crippen MR) is 84.6 cm³/mol. The zero-order valence-corrected chi connectivity index (χ0v) is 15.2. The second-order valence-corrected chi connectivity index (χ2v) is 6.70. The van der Waals surface area contributed by atoms with Crippen LogP contribution in [-0.2, 0) is 11.8 Å². The summed E-state index contributed by atoms with van der Waals surface area (Å²) in [5, 5.41) is 4.25. The van der Waals surface area contributed by atoms with E-state index in [0.717, 1.165) is 10.2 Å². The van der Waals surface area contributed by atoms with E-state index in [1.165, 1.54) is 0 Å². The van der Waals surface area contributed by atoms with Crippen LogP contribution in [0.5, 0.6) is 5.88 Å². The number of carbonyl (C=O) groups is 1. The molecule has 7 heteroatoms. The van der Waals surface area contributed by atoms with Gasteiger partial charge in [-0.3, -0.25) is 4.68 Å². The third kappa shape index (κ3) is 5.57. The lowest BCUT2D eigenvalue weighted by atomic mass is 10.2. The van der Waals surface area contributed by atoms with Crippen molar-refractivity contribution in [1.82, 2.24) is 14.7 Å². The molecule has 6 nitrogen and oxygen atoms in total. The highest BCUT2D eigenvalue weighted by Gasteiger charge is 2.19. The number of aryl methyl sites for hydroxylation is 1. The van der Waals surface area contributed by atoms with Gasteiger partial charge in [0.2, 0.25) is 5.88 Å². The average Bonchev–Trinajstić information content (AvgIpc) is 2.60. The fraction of sp³-hybridized carbons (Fsp3) is 0.714. The van der Waals surface area contributed by atoms with Crippen LogP contribution in [0.15, 0.2) is 4.60 Å². The van der Waals surface area contributed by atoms with Gasteiger partial charge in [-0.25, -0.2) is 4.79 Å². The zero-order valence-electron chi connectivity index (χ0n) is 13.6. The SMILES string of the molecule is Cc1c(OCCCN(C)C(=O)OC(C)(C)C)nn(C)c1Br. The highest BCUT2D eigenvalue weighted by Crippen LogP contribution is 2.24. The van der Waals surface area contributed by atoms with E-state index in [-0.39, 0.29) is 6.09 Å². The summed E-state index contributed by atoms with van der Waals surface area (Å²) in [6, 6.07) is 0. The van der Waals surface area contributed by atoms with Crippen LogP contribution >= 0.6 is 15.9 Å². The molecule has 0 radical (unpaired) electrons. The van der Waals surface area contributed by atoms with Gasteiger partial charge in [0, 0.05) is 26.2 Å². The van der Waals surface area contributed by atoms with E-state index in [9.17, 15) is 4.79 Å². The maximum absolute atomic E-state index is 11.8. The van der Waals surface area contributed by atoms with E-state index in [4.69, 9.17) is 9.47 Å². The summed E-state index contributed by atoms with van der Waals surface area (Å²) in [7, 11) is 3.57. The van der Waals surface area contributed by atoms with Gasteiger partial charge in [0.1, 0.15) is 10.2 Å². The van der Waals surface area contributed by atoms with Gasteiger partial charge in [0.25, 0.3) is 0 Å². The van der Waals surface area contributed by atoms with Crippen molar-refractivity contribution in [2.24, 2.45) is 7.05 Å². The van der Waals surface area contributed by atoms with Crippen molar-refractivity contribution in [3.05, 3.63) is 10.2 Å². The summed E-state index contributed by atoms with van der Waals surface area (Å²) >= 11 is 3.43. The maximum atomic E-state index is 11.8. The molecule has 0 saturated carbocycles. The number of carbonyl (C=O) groups excluding carboxylic acids is 1. The Morgan fingerprint density at radius 3 is 2.52 bits per heavy atom. The number of hydrogen-bond acceptors (Lipinski definition) is 4. The zero-order chi connectivity index (χ0) is 16.2. The smallest absolute Gasteiger partial charge is 0.410 e. The van der Waals surface area contributed by atoms with E-state index >= 15 is 0 Å². The number of hydrogen-bond donors (Lipinski definition) is 0. The van der Waals surface area contributed by atoms with Gasteiger partial charge in [-0.2, -0.15) is 0 Å². The Kier molecular flexibility index (Phi) is 6.07. The lowest BCUT2D eigenvalue weighted by Crippen LogP contribution is -2.35. The van der Waals surface area contributed by atoms with Gasteiger partial charge < -0.3 is 14.4 Å². The van der Waals surface area contributed by atoms with Crippen LogP contribution in [0.4, 0.5) is 4.79 Å². The third-order valence-electron chi connectivity index (χ3n) is 2.74. The van der Waals surface area contributed by atoms with Crippen LogP contribution in [0.3, 0.4) is 0 Å². The predicted octanol–water partition coefficient (Wildman–Crippen LogP) is 3.13. The van der Waals surface area contributed by atoms with E-state index in [1.54, 1.807) is 16.6 Å². The second-order valence-electron chi connectivity index (χ2n) is 5.95. The molecule has 21 heavy (non-hydrogen) atoms. The fourth-order valence-corrected chi connectivity index (χ4v) is 1.87.